The zero-order valence-corrected chi connectivity index (χ0v) is 14.4. The molecule has 0 aromatic heterocycles. The fourth-order valence-corrected chi connectivity index (χ4v) is 4.99. The number of nitrogens with two attached hydrogens (primary N) is 1. The first-order chi connectivity index (χ1) is 9.32. The van der Waals surface area contributed by atoms with Gasteiger partial charge in [-0.2, -0.15) is 4.31 Å². The molecule has 0 bridgehead atoms. The Hall–Kier alpha value is -0.140. The quantitative estimate of drug-likeness (QED) is 0.875. The van der Waals surface area contributed by atoms with Crippen molar-refractivity contribution in [3.8, 4) is 0 Å². The minimum atomic E-state index is -3.55. The summed E-state index contributed by atoms with van der Waals surface area (Å²) in [5.74, 6) is 0.202. The monoisotopic (exact) mass is 380 g/mol. The zero-order valence-electron chi connectivity index (χ0n) is 11.2. The van der Waals surface area contributed by atoms with E-state index in [2.05, 4.69) is 15.9 Å². The molecule has 1 fully saturated rings. The number of hydrogen-bond acceptors (Lipinski definition) is 3. The third kappa shape index (κ3) is 3.36. The average Bonchev–Trinajstić information content (AvgIpc) is 2.38. The van der Waals surface area contributed by atoms with Gasteiger partial charge in [0.1, 0.15) is 4.90 Å². The molecular formula is C13H18BrClN2O2S. The van der Waals surface area contributed by atoms with E-state index in [1.165, 1.54) is 10.4 Å². The largest absolute Gasteiger partial charge is 0.328 e. The summed E-state index contributed by atoms with van der Waals surface area (Å²) in [5.41, 5.74) is 5.91. The average molecular weight is 382 g/mol. The Balaban J connectivity index is 2.30. The van der Waals surface area contributed by atoms with Crippen molar-refractivity contribution in [3.63, 3.8) is 0 Å². The van der Waals surface area contributed by atoms with Crippen LogP contribution in [0.5, 0.6) is 0 Å². The van der Waals surface area contributed by atoms with Crippen molar-refractivity contribution < 1.29 is 8.42 Å². The third-order valence-electron chi connectivity index (χ3n) is 3.68. The maximum Gasteiger partial charge on any atom is 0.244 e. The highest BCUT2D eigenvalue weighted by atomic mass is 79.9. The van der Waals surface area contributed by atoms with E-state index in [-0.39, 0.29) is 21.9 Å². The van der Waals surface area contributed by atoms with E-state index in [9.17, 15) is 8.42 Å². The number of piperidine rings is 1. The van der Waals surface area contributed by atoms with Crippen molar-refractivity contribution in [1.29, 1.82) is 0 Å². The maximum atomic E-state index is 12.7. The minimum absolute atomic E-state index is 0.00612. The molecule has 0 saturated carbocycles. The molecule has 0 amide bonds. The number of sulfonamides is 1. The van der Waals surface area contributed by atoms with E-state index in [0.717, 1.165) is 17.3 Å². The van der Waals surface area contributed by atoms with Gasteiger partial charge in [0.05, 0.1) is 5.02 Å². The fraction of sp³-hybridized carbons (Fsp3) is 0.538. The molecule has 20 heavy (non-hydrogen) atoms. The van der Waals surface area contributed by atoms with Crippen molar-refractivity contribution in [3.05, 3.63) is 27.7 Å². The Morgan fingerprint density at radius 1 is 1.50 bits per heavy atom. The summed E-state index contributed by atoms with van der Waals surface area (Å²) in [6.45, 7) is 2.91. The van der Waals surface area contributed by atoms with Gasteiger partial charge in [-0.25, -0.2) is 8.42 Å². The molecule has 0 spiro atoms. The summed E-state index contributed by atoms with van der Waals surface area (Å²) in [6.07, 6.45) is 1.80. The van der Waals surface area contributed by atoms with Gasteiger partial charge in [0.15, 0.2) is 0 Å². The van der Waals surface area contributed by atoms with Crippen LogP contribution < -0.4 is 5.73 Å². The molecule has 7 heteroatoms. The van der Waals surface area contributed by atoms with Crippen LogP contribution in [0.15, 0.2) is 27.6 Å². The van der Waals surface area contributed by atoms with Gasteiger partial charge in [0, 0.05) is 23.6 Å². The van der Waals surface area contributed by atoms with E-state index in [1.807, 2.05) is 6.92 Å². The third-order valence-corrected chi connectivity index (χ3v) is 6.52. The molecule has 1 saturated heterocycles. The lowest BCUT2D eigenvalue weighted by Crippen LogP contribution is -2.45. The molecule has 2 N–H and O–H groups in total. The molecule has 0 radical (unpaired) electrons. The highest BCUT2D eigenvalue weighted by Crippen LogP contribution is 2.30. The SMILES string of the molecule is C[C@@H](N)[C@H]1CCCN(S(=O)(=O)c2ccc(Br)cc2Cl)C1. The number of benzene rings is 1. The molecule has 0 unspecified atom stereocenters. The molecular weight excluding hydrogens is 364 g/mol. The van der Waals surface area contributed by atoms with Gasteiger partial charge in [0.2, 0.25) is 10.0 Å². The number of rotatable bonds is 3. The number of hydrogen-bond donors (Lipinski definition) is 1. The first-order valence-electron chi connectivity index (χ1n) is 6.53. The lowest BCUT2D eigenvalue weighted by Gasteiger charge is -2.33. The van der Waals surface area contributed by atoms with Crippen LogP contribution in [0.25, 0.3) is 0 Å². The smallest absolute Gasteiger partial charge is 0.244 e. The van der Waals surface area contributed by atoms with Gasteiger partial charge in [-0.3, -0.25) is 0 Å². The predicted octanol–water partition coefficient (Wildman–Crippen LogP) is 2.85. The zero-order chi connectivity index (χ0) is 14.9. The summed E-state index contributed by atoms with van der Waals surface area (Å²) >= 11 is 9.35. The van der Waals surface area contributed by atoms with Gasteiger partial charge in [-0.15, -0.1) is 0 Å². The number of halogens is 2. The van der Waals surface area contributed by atoms with Crippen molar-refractivity contribution in [1.82, 2.24) is 4.31 Å². The highest BCUT2D eigenvalue weighted by molar-refractivity contribution is 9.10. The van der Waals surface area contributed by atoms with Gasteiger partial charge in [-0.1, -0.05) is 27.5 Å². The summed E-state index contributed by atoms with van der Waals surface area (Å²) < 4.78 is 27.6. The predicted molar refractivity (Wildman–Crippen MR) is 84.3 cm³/mol. The van der Waals surface area contributed by atoms with Crippen LogP contribution in [0.4, 0.5) is 0 Å². The number of nitrogens with zero attached hydrogens (tertiary/aromatic N) is 1. The molecule has 1 aromatic rings. The van der Waals surface area contributed by atoms with Gasteiger partial charge in [0.25, 0.3) is 0 Å². The van der Waals surface area contributed by atoms with Gasteiger partial charge < -0.3 is 5.73 Å². The Morgan fingerprint density at radius 3 is 2.80 bits per heavy atom. The van der Waals surface area contributed by atoms with Crippen LogP contribution in [0.3, 0.4) is 0 Å². The first-order valence-corrected chi connectivity index (χ1v) is 9.14. The summed E-state index contributed by atoms with van der Waals surface area (Å²) in [7, 11) is -3.55. The second kappa shape index (κ2) is 6.32. The maximum absolute atomic E-state index is 12.7. The molecule has 4 nitrogen and oxygen atoms in total. The molecule has 1 aliphatic rings. The normalized spacial score (nSPS) is 22.7. The van der Waals surface area contributed by atoms with E-state index in [1.54, 1.807) is 12.1 Å². The molecule has 2 rings (SSSR count). The van der Waals surface area contributed by atoms with Crippen molar-refractivity contribution >= 4 is 37.6 Å². The Bertz CT molecular complexity index is 592. The van der Waals surface area contributed by atoms with Crippen molar-refractivity contribution in [2.75, 3.05) is 13.1 Å². The van der Waals surface area contributed by atoms with Crippen LogP contribution in [0.1, 0.15) is 19.8 Å². The molecule has 1 aliphatic heterocycles. The van der Waals surface area contributed by atoms with E-state index >= 15 is 0 Å². The van der Waals surface area contributed by atoms with E-state index in [4.69, 9.17) is 17.3 Å². The van der Waals surface area contributed by atoms with Crippen molar-refractivity contribution in [2.24, 2.45) is 11.7 Å². The lowest BCUT2D eigenvalue weighted by atomic mass is 9.93. The second-order valence-electron chi connectivity index (χ2n) is 5.20. The molecule has 1 aromatic carbocycles. The minimum Gasteiger partial charge on any atom is -0.328 e. The summed E-state index contributed by atoms with van der Waals surface area (Å²) in [5, 5.41) is 0.238. The molecule has 1 heterocycles. The highest BCUT2D eigenvalue weighted by Gasteiger charge is 2.32. The van der Waals surface area contributed by atoms with E-state index in [0.29, 0.717) is 13.1 Å². The molecule has 112 valence electrons. The molecule has 0 aliphatic carbocycles. The standard InChI is InChI=1S/C13H18BrClN2O2S/c1-9(16)10-3-2-6-17(8-10)20(18,19)13-5-4-11(14)7-12(13)15/h4-5,7,9-10H,2-3,6,8,16H2,1H3/t9-,10+/m1/s1. The lowest BCUT2D eigenvalue weighted by molar-refractivity contribution is 0.243. The van der Waals surface area contributed by atoms with Gasteiger partial charge in [-0.05, 0) is 43.9 Å². The van der Waals surface area contributed by atoms with Crippen LogP contribution >= 0.6 is 27.5 Å². The van der Waals surface area contributed by atoms with Crippen LogP contribution in [-0.2, 0) is 10.0 Å². The topological polar surface area (TPSA) is 63.4 Å². The molecule has 2 atom stereocenters. The van der Waals surface area contributed by atoms with Crippen molar-refractivity contribution in [2.45, 2.75) is 30.7 Å². The summed E-state index contributed by atoms with van der Waals surface area (Å²) in [4.78, 5) is 0.160. The second-order valence-corrected chi connectivity index (χ2v) is 8.43. The van der Waals surface area contributed by atoms with Crippen LogP contribution in [-0.4, -0.2) is 31.9 Å². The van der Waals surface area contributed by atoms with Crippen LogP contribution in [0, 0.1) is 5.92 Å². The van der Waals surface area contributed by atoms with Crippen LogP contribution in [0.2, 0.25) is 5.02 Å². The first kappa shape index (κ1) is 16.2. The van der Waals surface area contributed by atoms with E-state index < -0.39 is 10.0 Å². The summed E-state index contributed by atoms with van der Waals surface area (Å²) in [6, 6.07) is 4.82. The Kier molecular flexibility index (Phi) is 5.13. The van der Waals surface area contributed by atoms with Gasteiger partial charge >= 0.3 is 0 Å². The Labute approximate surface area is 133 Å². The Morgan fingerprint density at radius 2 is 2.20 bits per heavy atom. The fourth-order valence-electron chi connectivity index (χ4n) is 2.44.